The number of halogens is 1. The molecule has 0 saturated heterocycles. The van der Waals surface area contributed by atoms with Gasteiger partial charge in [-0.25, -0.2) is 4.39 Å². The molecule has 0 bridgehead atoms. The second-order valence-corrected chi connectivity index (χ2v) is 10.8. The Morgan fingerprint density at radius 1 is 1.13 bits per heavy atom. The Morgan fingerprint density at radius 2 is 1.82 bits per heavy atom. The number of carbonyl (C=O) groups is 1. The zero-order valence-corrected chi connectivity index (χ0v) is 23.0. The highest BCUT2D eigenvalue weighted by atomic mass is 19.1. The van der Waals surface area contributed by atoms with Gasteiger partial charge in [0.05, 0.1) is 5.69 Å². The van der Waals surface area contributed by atoms with Crippen molar-refractivity contribution in [3.05, 3.63) is 99.6 Å². The summed E-state index contributed by atoms with van der Waals surface area (Å²) in [7, 11) is 0. The lowest BCUT2D eigenvalue weighted by Crippen LogP contribution is -2.40. The van der Waals surface area contributed by atoms with Crippen LogP contribution in [0.5, 0.6) is 0 Å². The fourth-order valence-corrected chi connectivity index (χ4v) is 5.05. The molecule has 4 rings (SSSR count). The van der Waals surface area contributed by atoms with Gasteiger partial charge in [-0.3, -0.25) is 14.2 Å². The minimum atomic E-state index is -0.374. The second-order valence-electron chi connectivity index (χ2n) is 10.8. The number of nitrogens with zero attached hydrogens (tertiary/aromatic N) is 1. The van der Waals surface area contributed by atoms with Crippen LogP contribution < -0.4 is 16.6 Å². The van der Waals surface area contributed by atoms with Gasteiger partial charge in [0.25, 0.3) is 5.56 Å². The van der Waals surface area contributed by atoms with E-state index in [0.29, 0.717) is 41.3 Å². The number of esters is 1. The molecule has 1 aromatic heterocycles. The molecular weight excluding hydrogens is 493 g/mol. The molecular formula is C32H38FN3O3. The first-order valence-electron chi connectivity index (χ1n) is 13.6. The van der Waals surface area contributed by atoms with Crippen molar-refractivity contribution >= 4 is 17.4 Å². The summed E-state index contributed by atoms with van der Waals surface area (Å²) >= 11 is 0. The van der Waals surface area contributed by atoms with E-state index in [0.717, 1.165) is 36.8 Å². The van der Waals surface area contributed by atoms with E-state index >= 15 is 0 Å². The van der Waals surface area contributed by atoms with Gasteiger partial charge in [-0.1, -0.05) is 38.6 Å². The van der Waals surface area contributed by atoms with Gasteiger partial charge in [-0.15, -0.1) is 0 Å². The smallest absolute Gasteiger partial charge is 0.323 e. The molecule has 2 aromatic carbocycles. The van der Waals surface area contributed by atoms with Crippen LogP contribution in [0.3, 0.4) is 0 Å². The van der Waals surface area contributed by atoms with Gasteiger partial charge in [-0.05, 0) is 97.5 Å². The van der Waals surface area contributed by atoms with Crippen molar-refractivity contribution < 1.29 is 13.9 Å². The van der Waals surface area contributed by atoms with Gasteiger partial charge in [0, 0.05) is 18.2 Å². The summed E-state index contributed by atoms with van der Waals surface area (Å²) < 4.78 is 21.0. The molecule has 206 valence electrons. The molecule has 0 radical (unpaired) electrons. The predicted octanol–water partition coefficient (Wildman–Crippen LogP) is 5.92. The first-order valence-corrected chi connectivity index (χ1v) is 13.6. The highest BCUT2D eigenvalue weighted by Gasteiger charge is 2.26. The number of aromatic nitrogens is 1. The van der Waals surface area contributed by atoms with Gasteiger partial charge >= 0.3 is 5.97 Å². The Balaban J connectivity index is 1.50. The molecule has 6 nitrogen and oxygen atoms in total. The number of pyridine rings is 1. The Kier molecular flexibility index (Phi) is 9.02. The van der Waals surface area contributed by atoms with E-state index in [1.165, 1.54) is 16.7 Å². The molecule has 1 atom stereocenters. The third-order valence-corrected chi connectivity index (χ3v) is 7.29. The lowest BCUT2D eigenvalue weighted by atomic mass is 9.98. The van der Waals surface area contributed by atoms with Crippen molar-refractivity contribution in [3.8, 4) is 5.69 Å². The van der Waals surface area contributed by atoms with Crippen LogP contribution in [0.15, 0.2) is 66.0 Å². The predicted molar refractivity (Wildman–Crippen MR) is 154 cm³/mol. The highest BCUT2D eigenvalue weighted by molar-refractivity contribution is 5.83. The molecule has 0 spiro atoms. The number of ether oxygens (including phenoxy) is 1. The van der Waals surface area contributed by atoms with Crippen LogP contribution in [0.25, 0.3) is 11.3 Å². The molecule has 1 unspecified atom stereocenters. The van der Waals surface area contributed by atoms with Crippen LogP contribution in [0.1, 0.15) is 68.2 Å². The fourth-order valence-electron chi connectivity index (χ4n) is 5.05. The number of aryl methyl sites for hydroxylation is 1. The van der Waals surface area contributed by atoms with E-state index in [2.05, 4.69) is 25.7 Å². The third kappa shape index (κ3) is 6.84. The summed E-state index contributed by atoms with van der Waals surface area (Å²) in [5, 5.41) is 3.37. The molecule has 39 heavy (non-hydrogen) atoms. The van der Waals surface area contributed by atoms with E-state index in [4.69, 9.17) is 10.5 Å². The maximum absolute atomic E-state index is 13.8. The molecule has 1 fully saturated rings. The van der Waals surface area contributed by atoms with Gasteiger partial charge < -0.3 is 15.8 Å². The van der Waals surface area contributed by atoms with Crippen molar-refractivity contribution in [1.29, 1.82) is 0 Å². The van der Waals surface area contributed by atoms with Crippen LogP contribution >= 0.6 is 0 Å². The molecule has 3 N–H and O–H groups in total. The lowest BCUT2D eigenvalue weighted by molar-refractivity contribution is -0.151. The summed E-state index contributed by atoms with van der Waals surface area (Å²) in [6, 6.07) is 15.0. The number of rotatable bonds is 10. The maximum atomic E-state index is 13.8. The van der Waals surface area contributed by atoms with Crippen LogP contribution in [0.2, 0.25) is 0 Å². The Hall–Kier alpha value is -3.71. The molecule has 1 aliphatic carbocycles. The first kappa shape index (κ1) is 28.3. The minimum absolute atomic E-state index is 0.0379. The average Bonchev–Trinajstić information content (AvgIpc) is 3.41. The number of hydrogen-bond acceptors (Lipinski definition) is 5. The number of hydrogen-bond donors (Lipinski definition) is 2. The summed E-state index contributed by atoms with van der Waals surface area (Å²) in [5.41, 5.74) is 10.2. The Bertz CT molecular complexity index is 1390. The number of nitrogens with two attached hydrogens (primary N) is 1. The lowest BCUT2D eigenvalue weighted by Gasteiger charge is -2.22. The maximum Gasteiger partial charge on any atom is 0.323 e. The van der Waals surface area contributed by atoms with E-state index in [9.17, 15) is 14.0 Å². The molecule has 7 heteroatoms. The van der Waals surface area contributed by atoms with E-state index < -0.39 is 0 Å². The van der Waals surface area contributed by atoms with E-state index in [-0.39, 0.29) is 35.3 Å². The monoisotopic (exact) mass is 531 g/mol. The summed E-state index contributed by atoms with van der Waals surface area (Å²) in [4.78, 5) is 25.6. The molecule has 1 aliphatic rings. The number of benzene rings is 2. The van der Waals surface area contributed by atoms with Crippen LogP contribution in [-0.2, 0) is 16.1 Å². The molecule has 1 heterocycles. The fraction of sp³-hybridized carbons (Fsp3) is 0.375. The SMILES string of the molecule is C=C(c1ccc(F)c(C)c1)c1ccc(=O)n(-c2ccc(CNC(CC(C)C)C(=O)OC3CCCC3)cc2)c1N. The van der Waals surface area contributed by atoms with Crippen LogP contribution in [-0.4, -0.2) is 22.7 Å². The summed E-state index contributed by atoms with van der Waals surface area (Å²) in [6.45, 7) is 10.5. The second kappa shape index (κ2) is 12.4. The van der Waals surface area contributed by atoms with Crippen LogP contribution in [0.4, 0.5) is 10.2 Å². The van der Waals surface area contributed by atoms with Crippen molar-refractivity contribution in [3.63, 3.8) is 0 Å². The zero-order valence-electron chi connectivity index (χ0n) is 23.0. The summed E-state index contributed by atoms with van der Waals surface area (Å²) in [6.07, 6.45) is 4.85. The Morgan fingerprint density at radius 3 is 2.46 bits per heavy atom. The molecule has 3 aromatic rings. The van der Waals surface area contributed by atoms with Gasteiger partial charge in [0.15, 0.2) is 0 Å². The quantitative estimate of drug-likeness (QED) is 0.317. The third-order valence-electron chi connectivity index (χ3n) is 7.29. The molecule has 1 saturated carbocycles. The number of nitrogen functional groups attached to an aromatic ring is 1. The minimum Gasteiger partial charge on any atom is -0.461 e. The zero-order chi connectivity index (χ0) is 28.1. The average molecular weight is 532 g/mol. The molecule has 0 amide bonds. The topological polar surface area (TPSA) is 86.3 Å². The summed E-state index contributed by atoms with van der Waals surface area (Å²) in [5.74, 6) is 0.129. The standard InChI is InChI=1S/C32H38FN3O3/c1-20(2)17-29(32(38)39-26-7-5-6-8-26)35-19-23-9-12-25(13-10-23)36-30(37)16-14-27(31(36)34)22(4)24-11-15-28(33)21(3)18-24/h9-16,18,20,26,29,35H,4-8,17,19,34H2,1-3H3. The van der Waals surface area contributed by atoms with Crippen molar-refractivity contribution in [2.45, 2.75) is 71.6 Å². The molecule has 0 aliphatic heterocycles. The highest BCUT2D eigenvalue weighted by Crippen LogP contribution is 2.28. The largest absolute Gasteiger partial charge is 0.461 e. The first-order chi connectivity index (χ1) is 18.6. The van der Waals surface area contributed by atoms with Crippen LogP contribution in [0, 0.1) is 18.7 Å². The van der Waals surface area contributed by atoms with Crippen molar-refractivity contribution in [2.24, 2.45) is 5.92 Å². The number of anilines is 1. The Labute approximate surface area is 229 Å². The van der Waals surface area contributed by atoms with E-state index in [1.807, 2.05) is 24.3 Å². The van der Waals surface area contributed by atoms with Gasteiger partial charge in [0.1, 0.15) is 23.8 Å². The van der Waals surface area contributed by atoms with Gasteiger partial charge in [-0.2, -0.15) is 0 Å². The van der Waals surface area contributed by atoms with Gasteiger partial charge in [0.2, 0.25) is 0 Å². The normalized spacial score (nSPS) is 14.5. The number of nitrogens with one attached hydrogen (secondary N) is 1. The van der Waals surface area contributed by atoms with Crippen molar-refractivity contribution in [1.82, 2.24) is 9.88 Å². The van der Waals surface area contributed by atoms with E-state index in [1.54, 1.807) is 25.1 Å². The number of carbonyl (C=O) groups excluding carboxylic acids is 1. The van der Waals surface area contributed by atoms with Crippen molar-refractivity contribution in [2.75, 3.05) is 5.73 Å².